The first-order valence-electron chi connectivity index (χ1n) is 8.85. The van der Waals surface area contributed by atoms with E-state index in [2.05, 4.69) is 15.5 Å². The van der Waals surface area contributed by atoms with Gasteiger partial charge in [0.25, 0.3) is 0 Å². The maximum absolute atomic E-state index is 12.0. The zero-order chi connectivity index (χ0) is 17.6. The van der Waals surface area contributed by atoms with Gasteiger partial charge in [-0.05, 0) is 43.9 Å². The van der Waals surface area contributed by atoms with E-state index in [0.29, 0.717) is 5.69 Å². The van der Waals surface area contributed by atoms with Crippen LogP contribution in [0.3, 0.4) is 0 Å². The molecule has 0 atom stereocenters. The maximum atomic E-state index is 12.0. The molecular formula is C18H24N4O3. The number of anilines is 2. The highest BCUT2D eigenvalue weighted by Gasteiger charge is 2.20. The van der Waals surface area contributed by atoms with Gasteiger partial charge in [-0.2, -0.15) is 0 Å². The molecule has 1 aromatic carbocycles. The largest absolute Gasteiger partial charge is 0.371 e. The predicted molar refractivity (Wildman–Crippen MR) is 95.3 cm³/mol. The number of carbonyl (C=O) groups is 3. The van der Waals surface area contributed by atoms with Crippen LogP contribution in [0.1, 0.15) is 25.7 Å². The first-order valence-corrected chi connectivity index (χ1v) is 8.85. The Morgan fingerprint density at radius 3 is 2.32 bits per heavy atom. The zero-order valence-corrected chi connectivity index (χ0v) is 14.3. The highest BCUT2D eigenvalue weighted by atomic mass is 16.2. The normalized spacial score (nSPS) is 16.8. The van der Waals surface area contributed by atoms with Crippen LogP contribution >= 0.6 is 0 Å². The van der Waals surface area contributed by atoms with E-state index in [1.807, 2.05) is 18.2 Å². The molecule has 1 aromatic rings. The minimum atomic E-state index is -0.792. The van der Waals surface area contributed by atoms with Gasteiger partial charge in [0.15, 0.2) is 0 Å². The lowest BCUT2D eigenvalue weighted by atomic mass is 10.2. The van der Waals surface area contributed by atoms with Crippen LogP contribution in [-0.2, 0) is 14.4 Å². The molecule has 2 saturated heterocycles. The summed E-state index contributed by atoms with van der Waals surface area (Å²) in [5, 5.41) is 4.99. The molecule has 3 rings (SSSR count). The van der Waals surface area contributed by atoms with Crippen molar-refractivity contribution in [2.45, 2.75) is 25.7 Å². The van der Waals surface area contributed by atoms with Crippen molar-refractivity contribution < 1.29 is 14.4 Å². The number of hydrogen-bond donors (Lipinski definition) is 2. The number of carbonyl (C=O) groups excluding carboxylic acids is 3. The number of likely N-dealkylation sites (tertiary alicyclic amines) is 1. The van der Waals surface area contributed by atoms with Gasteiger partial charge in [0.2, 0.25) is 5.91 Å². The molecule has 0 saturated carbocycles. The molecule has 2 fully saturated rings. The number of nitrogens with zero attached hydrogens (tertiary/aromatic N) is 2. The molecule has 0 unspecified atom stereocenters. The molecular weight excluding hydrogens is 320 g/mol. The summed E-state index contributed by atoms with van der Waals surface area (Å²) in [5.41, 5.74) is 1.62. The van der Waals surface area contributed by atoms with Crippen LogP contribution in [0.2, 0.25) is 0 Å². The van der Waals surface area contributed by atoms with Gasteiger partial charge in [-0.1, -0.05) is 6.07 Å². The van der Waals surface area contributed by atoms with Crippen LogP contribution in [0.5, 0.6) is 0 Å². The Labute approximate surface area is 147 Å². The molecule has 2 aliphatic rings. The van der Waals surface area contributed by atoms with E-state index in [-0.39, 0.29) is 12.5 Å². The average molecular weight is 344 g/mol. The second-order valence-corrected chi connectivity index (χ2v) is 6.47. The molecule has 2 aliphatic heterocycles. The van der Waals surface area contributed by atoms with Gasteiger partial charge in [-0.3, -0.25) is 14.4 Å². The van der Waals surface area contributed by atoms with Crippen LogP contribution in [-0.4, -0.2) is 55.3 Å². The number of hydrogen-bond acceptors (Lipinski definition) is 4. The Morgan fingerprint density at radius 1 is 0.920 bits per heavy atom. The molecule has 7 nitrogen and oxygen atoms in total. The van der Waals surface area contributed by atoms with Crippen LogP contribution < -0.4 is 15.5 Å². The van der Waals surface area contributed by atoms with E-state index < -0.39 is 11.8 Å². The summed E-state index contributed by atoms with van der Waals surface area (Å²) >= 11 is 0. The predicted octanol–water partition coefficient (Wildman–Crippen LogP) is 0.964. The Hall–Kier alpha value is -2.57. The molecule has 134 valence electrons. The van der Waals surface area contributed by atoms with Crippen molar-refractivity contribution in [3.05, 3.63) is 24.3 Å². The van der Waals surface area contributed by atoms with Crippen LogP contribution in [0, 0.1) is 0 Å². The van der Waals surface area contributed by atoms with Crippen LogP contribution in [0.25, 0.3) is 0 Å². The third-order valence-electron chi connectivity index (χ3n) is 4.64. The van der Waals surface area contributed by atoms with Crippen LogP contribution in [0.15, 0.2) is 24.3 Å². The first-order chi connectivity index (χ1) is 12.1. The van der Waals surface area contributed by atoms with E-state index in [1.165, 1.54) is 12.8 Å². The van der Waals surface area contributed by atoms with Gasteiger partial charge in [0.1, 0.15) is 0 Å². The Morgan fingerprint density at radius 2 is 1.60 bits per heavy atom. The fourth-order valence-electron chi connectivity index (χ4n) is 3.26. The number of rotatable bonds is 4. The standard InChI is InChI=1S/C18H24N4O3/c23-16(22-10-3-4-11-22)13-19-17(24)18(25)20-14-6-5-7-15(12-14)21-8-1-2-9-21/h5-7,12H,1-4,8-11,13H2,(H,19,24)(H,20,25). The highest BCUT2D eigenvalue weighted by molar-refractivity contribution is 6.39. The van der Waals surface area contributed by atoms with E-state index in [4.69, 9.17) is 0 Å². The van der Waals surface area contributed by atoms with Crippen molar-refractivity contribution in [2.75, 3.05) is 42.9 Å². The summed E-state index contributed by atoms with van der Waals surface area (Å²) in [6.07, 6.45) is 4.33. The van der Waals surface area contributed by atoms with Gasteiger partial charge >= 0.3 is 11.8 Å². The summed E-state index contributed by atoms with van der Waals surface area (Å²) in [6, 6.07) is 7.47. The summed E-state index contributed by atoms with van der Waals surface area (Å²) < 4.78 is 0. The number of nitrogens with one attached hydrogen (secondary N) is 2. The third-order valence-corrected chi connectivity index (χ3v) is 4.64. The molecule has 2 heterocycles. The first kappa shape index (κ1) is 17.3. The molecule has 0 bridgehead atoms. The van der Waals surface area contributed by atoms with Gasteiger partial charge in [-0.15, -0.1) is 0 Å². The monoisotopic (exact) mass is 344 g/mol. The molecule has 0 radical (unpaired) electrons. The van der Waals surface area contributed by atoms with Crippen molar-refractivity contribution in [3.8, 4) is 0 Å². The minimum Gasteiger partial charge on any atom is -0.371 e. The SMILES string of the molecule is O=C(NCC(=O)N1CCCC1)C(=O)Nc1cccc(N2CCCC2)c1. The van der Waals surface area contributed by atoms with Crippen molar-refractivity contribution >= 4 is 29.1 Å². The van der Waals surface area contributed by atoms with Crippen molar-refractivity contribution in [2.24, 2.45) is 0 Å². The smallest absolute Gasteiger partial charge is 0.313 e. The second kappa shape index (κ2) is 8.00. The Kier molecular flexibility index (Phi) is 5.53. The maximum Gasteiger partial charge on any atom is 0.313 e. The summed E-state index contributed by atoms with van der Waals surface area (Å²) in [5.74, 6) is -1.69. The van der Waals surface area contributed by atoms with Crippen molar-refractivity contribution in [1.82, 2.24) is 10.2 Å². The zero-order valence-electron chi connectivity index (χ0n) is 14.3. The van der Waals surface area contributed by atoms with Gasteiger partial charge in [0.05, 0.1) is 6.54 Å². The number of amides is 3. The van der Waals surface area contributed by atoms with Gasteiger partial charge in [0, 0.05) is 37.6 Å². The molecule has 0 spiro atoms. The van der Waals surface area contributed by atoms with E-state index in [1.54, 1.807) is 11.0 Å². The Balaban J connectivity index is 1.50. The lowest BCUT2D eigenvalue weighted by molar-refractivity contribution is -0.138. The summed E-state index contributed by atoms with van der Waals surface area (Å²) in [6.45, 7) is 3.33. The third kappa shape index (κ3) is 4.49. The van der Waals surface area contributed by atoms with E-state index in [0.717, 1.165) is 44.7 Å². The molecule has 2 N–H and O–H groups in total. The summed E-state index contributed by atoms with van der Waals surface area (Å²) in [7, 11) is 0. The molecule has 3 amide bonds. The summed E-state index contributed by atoms with van der Waals surface area (Å²) in [4.78, 5) is 39.8. The molecule has 0 aliphatic carbocycles. The van der Waals surface area contributed by atoms with Crippen molar-refractivity contribution in [3.63, 3.8) is 0 Å². The van der Waals surface area contributed by atoms with E-state index in [9.17, 15) is 14.4 Å². The fourth-order valence-corrected chi connectivity index (χ4v) is 3.26. The molecule has 25 heavy (non-hydrogen) atoms. The topological polar surface area (TPSA) is 81.8 Å². The average Bonchev–Trinajstić information content (AvgIpc) is 3.32. The van der Waals surface area contributed by atoms with Crippen molar-refractivity contribution in [1.29, 1.82) is 0 Å². The highest BCUT2D eigenvalue weighted by Crippen LogP contribution is 2.23. The van der Waals surface area contributed by atoms with Gasteiger partial charge in [-0.25, -0.2) is 0 Å². The molecule has 0 aromatic heterocycles. The molecule has 7 heteroatoms. The second-order valence-electron chi connectivity index (χ2n) is 6.47. The fraction of sp³-hybridized carbons (Fsp3) is 0.500. The quantitative estimate of drug-likeness (QED) is 0.798. The lowest BCUT2D eigenvalue weighted by Crippen LogP contribution is -2.42. The van der Waals surface area contributed by atoms with Crippen LogP contribution in [0.4, 0.5) is 11.4 Å². The van der Waals surface area contributed by atoms with Gasteiger partial charge < -0.3 is 20.4 Å². The Bertz CT molecular complexity index is 649. The minimum absolute atomic E-state index is 0.139. The lowest BCUT2D eigenvalue weighted by Gasteiger charge is -2.18. The van der Waals surface area contributed by atoms with E-state index >= 15 is 0 Å². The number of benzene rings is 1.